The SMILES string of the molecule is COc1ccc(-c2c(C)cn(C)c2C(=O)OC(C)(C)C)cc1. The van der Waals surface area contributed by atoms with Gasteiger partial charge in [0, 0.05) is 18.8 Å². The third-order valence-electron chi connectivity index (χ3n) is 3.34. The molecule has 2 rings (SSSR count). The summed E-state index contributed by atoms with van der Waals surface area (Å²) in [4.78, 5) is 12.5. The number of esters is 1. The van der Waals surface area contributed by atoms with Gasteiger partial charge in [-0.1, -0.05) is 12.1 Å². The zero-order chi connectivity index (χ0) is 16.5. The smallest absolute Gasteiger partial charge is 0.356 e. The summed E-state index contributed by atoms with van der Waals surface area (Å²) in [5, 5.41) is 0. The van der Waals surface area contributed by atoms with Crippen LogP contribution in [0.3, 0.4) is 0 Å². The van der Waals surface area contributed by atoms with Gasteiger partial charge in [0.05, 0.1) is 7.11 Å². The number of aryl methyl sites for hydroxylation is 2. The Hall–Kier alpha value is -2.23. The summed E-state index contributed by atoms with van der Waals surface area (Å²) in [6.07, 6.45) is 1.94. The molecule has 0 amide bonds. The minimum atomic E-state index is -0.521. The lowest BCUT2D eigenvalue weighted by Crippen LogP contribution is -2.25. The molecule has 0 fully saturated rings. The van der Waals surface area contributed by atoms with Crippen molar-refractivity contribution in [2.45, 2.75) is 33.3 Å². The Labute approximate surface area is 131 Å². The van der Waals surface area contributed by atoms with Gasteiger partial charge < -0.3 is 14.0 Å². The molecule has 0 aliphatic heterocycles. The van der Waals surface area contributed by atoms with Gasteiger partial charge in [0.1, 0.15) is 17.0 Å². The topological polar surface area (TPSA) is 40.5 Å². The van der Waals surface area contributed by atoms with Gasteiger partial charge in [-0.15, -0.1) is 0 Å². The van der Waals surface area contributed by atoms with Crippen molar-refractivity contribution in [3.63, 3.8) is 0 Å². The van der Waals surface area contributed by atoms with Crippen molar-refractivity contribution in [1.82, 2.24) is 4.57 Å². The fourth-order valence-electron chi connectivity index (χ4n) is 2.48. The predicted octanol–water partition coefficient (Wildman–Crippen LogP) is 3.96. The molecule has 0 aliphatic carbocycles. The first-order valence-corrected chi connectivity index (χ1v) is 7.26. The molecule has 0 unspecified atom stereocenters. The summed E-state index contributed by atoms with van der Waals surface area (Å²) < 4.78 is 12.6. The van der Waals surface area contributed by atoms with Crippen molar-refractivity contribution in [2.24, 2.45) is 7.05 Å². The highest BCUT2D eigenvalue weighted by atomic mass is 16.6. The number of methoxy groups -OCH3 is 1. The van der Waals surface area contributed by atoms with Crippen molar-refractivity contribution in [3.8, 4) is 16.9 Å². The minimum absolute atomic E-state index is 0.311. The molecule has 0 atom stereocenters. The van der Waals surface area contributed by atoms with E-state index in [9.17, 15) is 4.79 Å². The first-order valence-electron chi connectivity index (χ1n) is 7.26. The molecule has 0 N–H and O–H groups in total. The van der Waals surface area contributed by atoms with Gasteiger partial charge in [0.25, 0.3) is 0 Å². The number of aromatic nitrogens is 1. The summed E-state index contributed by atoms with van der Waals surface area (Å²) in [7, 11) is 3.49. The van der Waals surface area contributed by atoms with Crippen LogP contribution in [0.5, 0.6) is 5.75 Å². The summed E-state index contributed by atoms with van der Waals surface area (Å²) in [6, 6.07) is 7.69. The second-order valence-corrected chi connectivity index (χ2v) is 6.38. The third kappa shape index (κ3) is 3.32. The normalized spacial score (nSPS) is 11.4. The molecule has 118 valence electrons. The highest BCUT2D eigenvalue weighted by molar-refractivity contribution is 5.97. The number of hydrogen-bond acceptors (Lipinski definition) is 3. The van der Waals surface area contributed by atoms with Gasteiger partial charge in [-0.3, -0.25) is 0 Å². The van der Waals surface area contributed by atoms with Gasteiger partial charge in [0.2, 0.25) is 0 Å². The summed E-state index contributed by atoms with van der Waals surface area (Å²) in [5.74, 6) is 0.477. The Balaban J connectivity index is 2.49. The van der Waals surface area contributed by atoms with Crippen molar-refractivity contribution in [2.75, 3.05) is 7.11 Å². The lowest BCUT2D eigenvalue weighted by molar-refractivity contribution is 0.00600. The molecular weight excluding hydrogens is 278 g/mol. The minimum Gasteiger partial charge on any atom is -0.497 e. The van der Waals surface area contributed by atoms with Gasteiger partial charge in [-0.05, 0) is 51.0 Å². The summed E-state index contributed by atoms with van der Waals surface area (Å²) in [6.45, 7) is 7.60. The number of rotatable bonds is 3. The van der Waals surface area contributed by atoms with E-state index in [4.69, 9.17) is 9.47 Å². The fourth-order valence-corrected chi connectivity index (χ4v) is 2.48. The molecule has 0 radical (unpaired) electrons. The Morgan fingerprint density at radius 3 is 2.23 bits per heavy atom. The molecule has 0 bridgehead atoms. The van der Waals surface area contributed by atoms with Crippen LogP contribution in [-0.4, -0.2) is 23.2 Å². The van der Waals surface area contributed by atoms with Gasteiger partial charge >= 0.3 is 5.97 Å². The molecule has 0 spiro atoms. The average Bonchev–Trinajstić information content (AvgIpc) is 2.71. The Morgan fingerprint density at radius 2 is 1.73 bits per heavy atom. The molecule has 1 aromatic heterocycles. The monoisotopic (exact) mass is 301 g/mol. The largest absolute Gasteiger partial charge is 0.497 e. The first kappa shape index (κ1) is 16.1. The van der Waals surface area contributed by atoms with Gasteiger partial charge in [-0.2, -0.15) is 0 Å². The van der Waals surface area contributed by atoms with Gasteiger partial charge in [-0.25, -0.2) is 4.79 Å². The molecule has 2 aromatic rings. The van der Waals surface area contributed by atoms with E-state index in [-0.39, 0.29) is 5.97 Å². The van der Waals surface area contributed by atoms with Crippen molar-refractivity contribution in [1.29, 1.82) is 0 Å². The summed E-state index contributed by atoms with van der Waals surface area (Å²) in [5.41, 5.74) is 2.96. The highest BCUT2D eigenvalue weighted by Crippen LogP contribution is 2.31. The second kappa shape index (κ2) is 5.87. The number of nitrogens with zero attached hydrogens (tertiary/aromatic N) is 1. The van der Waals surface area contributed by atoms with Crippen LogP contribution in [0.15, 0.2) is 30.5 Å². The van der Waals surface area contributed by atoms with Crippen LogP contribution in [0.2, 0.25) is 0 Å². The molecule has 0 saturated carbocycles. The van der Waals surface area contributed by atoms with E-state index in [0.29, 0.717) is 5.69 Å². The van der Waals surface area contributed by atoms with Crippen LogP contribution in [0.1, 0.15) is 36.8 Å². The maximum absolute atomic E-state index is 12.5. The van der Waals surface area contributed by atoms with Crippen LogP contribution >= 0.6 is 0 Å². The van der Waals surface area contributed by atoms with E-state index in [1.165, 1.54) is 0 Å². The standard InChI is InChI=1S/C18H23NO3/c1-12-11-19(5)16(17(20)22-18(2,3)4)15(12)13-7-9-14(21-6)10-8-13/h7-11H,1-6H3. The first-order chi connectivity index (χ1) is 10.2. The van der Waals surface area contributed by atoms with Crippen LogP contribution < -0.4 is 4.74 Å². The van der Waals surface area contributed by atoms with Gasteiger partial charge in [0.15, 0.2) is 0 Å². The van der Waals surface area contributed by atoms with Crippen LogP contribution in [0.4, 0.5) is 0 Å². The predicted molar refractivity (Wildman–Crippen MR) is 87.3 cm³/mol. The lowest BCUT2D eigenvalue weighted by Gasteiger charge is -2.20. The number of hydrogen-bond donors (Lipinski definition) is 0. The molecule has 22 heavy (non-hydrogen) atoms. The molecule has 1 aromatic carbocycles. The second-order valence-electron chi connectivity index (χ2n) is 6.38. The number of carbonyl (C=O) groups excluding carboxylic acids is 1. The van der Waals surface area contributed by atoms with E-state index in [1.807, 2.05) is 69.8 Å². The highest BCUT2D eigenvalue weighted by Gasteiger charge is 2.25. The zero-order valence-electron chi connectivity index (χ0n) is 14.1. The zero-order valence-corrected chi connectivity index (χ0v) is 14.1. The number of benzene rings is 1. The number of ether oxygens (including phenoxy) is 2. The number of carbonyl (C=O) groups is 1. The Bertz CT molecular complexity index is 676. The molecule has 0 aliphatic rings. The molecule has 0 saturated heterocycles. The van der Waals surface area contributed by atoms with Crippen LogP contribution in [0.25, 0.3) is 11.1 Å². The van der Waals surface area contributed by atoms with E-state index < -0.39 is 5.60 Å². The maximum atomic E-state index is 12.5. The maximum Gasteiger partial charge on any atom is 0.356 e. The molecule has 4 nitrogen and oxygen atoms in total. The van der Waals surface area contributed by atoms with E-state index in [0.717, 1.165) is 22.4 Å². The lowest BCUT2D eigenvalue weighted by atomic mass is 10.0. The van der Waals surface area contributed by atoms with Crippen molar-refractivity contribution < 1.29 is 14.3 Å². The van der Waals surface area contributed by atoms with E-state index in [2.05, 4.69) is 0 Å². The van der Waals surface area contributed by atoms with Crippen molar-refractivity contribution in [3.05, 3.63) is 41.7 Å². The molecule has 4 heteroatoms. The van der Waals surface area contributed by atoms with E-state index >= 15 is 0 Å². The quantitative estimate of drug-likeness (QED) is 0.806. The van der Waals surface area contributed by atoms with Crippen LogP contribution in [0, 0.1) is 6.92 Å². The van der Waals surface area contributed by atoms with Crippen molar-refractivity contribution >= 4 is 5.97 Å². The Morgan fingerprint density at radius 1 is 1.14 bits per heavy atom. The average molecular weight is 301 g/mol. The molecule has 1 heterocycles. The summed E-state index contributed by atoms with van der Waals surface area (Å²) >= 11 is 0. The van der Waals surface area contributed by atoms with E-state index in [1.54, 1.807) is 7.11 Å². The Kier molecular flexibility index (Phi) is 4.31. The molecular formula is C18H23NO3. The fraction of sp³-hybridized carbons (Fsp3) is 0.389. The third-order valence-corrected chi connectivity index (χ3v) is 3.34. The van der Waals surface area contributed by atoms with Crippen LogP contribution in [-0.2, 0) is 11.8 Å².